The normalized spacial score (nSPS) is 12.1. The Hall–Kier alpha value is -2.75. The van der Waals surface area contributed by atoms with Gasteiger partial charge in [-0.25, -0.2) is 0 Å². The van der Waals surface area contributed by atoms with E-state index < -0.39 is 0 Å². The number of amides is 1. The zero-order valence-electron chi connectivity index (χ0n) is 12.8. The number of nitrogens with zero attached hydrogens (tertiary/aromatic N) is 2. The van der Waals surface area contributed by atoms with Crippen molar-refractivity contribution in [3.63, 3.8) is 0 Å². The minimum atomic E-state index is -0.0972. The Balaban J connectivity index is 1.94. The summed E-state index contributed by atoms with van der Waals surface area (Å²) in [7, 11) is 0. The maximum Gasteiger partial charge on any atom is 0.230 e. The molecule has 4 nitrogen and oxygen atoms in total. The fraction of sp³-hybridized carbons (Fsp3) is 0.167. The predicted molar refractivity (Wildman–Crippen MR) is 91.5 cm³/mol. The molecule has 2 aromatic rings. The SMILES string of the molecule is C/C(CC(=O)Nc1ccccc1)=N/N=C(/C)c1ccccc1. The summed E-state index contributed by atoms with van der Waals surface area (Å²) in [6, 6.07) is 19.2. The lowest BCUT2D eigenvalue weighted by molar-refractivity contribution is -0.115. The Bertz CT molecular complexity index is 676. The lowest BCUT2D eigenvalue weighted by Gasteiger charge is -2.04. The molecule has 0 atom stereocenters. The second-order valence-electron chi connectivity index (χ2n) is 4.98. The van der Waals surface area contributed by atoms with E-state index in [0.29, 0.717) is 5.71 Å². The van der Waals surface area contributed by atoms with Gasteiger partial charge in [-0.1, -0.05) is 48.5 Å². The molecule has 2 rings (SSSR count). The van der Waals surface area contributed by atoms with Crippen LogP contribution in [0.5, 0.6) is 0 Å². The molecular weight excluding hydrogens is 274 g/mol. The first-order valence-corrected chi connectivity index (χ1v) is 7.13. The van der Waals surface area contributed by atoms with Crippen LogP contribution >= 0.6 is 0 Å². The number of hydrogen-bond acceptors (Lipinski definition) is 3. The summed E-state index contributed by atoms with van der Waals surface area (Å²) < 4.78 is 0. The van der Waals surface area contributed by atoms with Gasteiger partial charge in [0.05, 0.1) is 12.1 Å². The van der Waals surface area contributed by atoms with E-state index in [0.717, 1.165) is 17.0 Å². The highest BCUT2D eigenvalue weighted by molar-refractivity contribution is 6.06. The van der Waals surface area contributed by atoms with Crippen LogP contribution in [-0.2, 0) is 4.79 Å². The molecule has 0 radical (unpaired) electrons. The molecule has 112 valence electrons. The highest BCUT2D eigenvalue weighted by Crippen LogP contribution is 2.06. The summed E-state index contributed by atoms with van der Waals surface area (Å²) >= 11 is 0. The van der Waals surface area contributed by atoms with Crippen molar-refractivity contribution in [1.29, 1.82) is 0 Å². The number of carbonyl (C=O) groups excluding carboxylic acids is 1. The van der Waals surface area contributed by atoms with Crippen LogP contribution in [0.2, 0.25) is 0 Å². The molecule has 0 aliphatic heterocycles. The van der Waals surface area contributed by atoms with Crippen molar-refractivity contribution in [2.24, 2.45) is 10.2 Å². The van der Waals surface area contributed by atoms with Crippen LogP contribution in [0.25, 0.3) is 0 Å². The van der Waals surface area contributed by atoms with Crippen LogP contribution in [0.4, 0.5) is 5.69 Å². The first kappa shape index (κ1) is 15.6. The second-order valence-corrected chi connectivity index (χ2v) is 4.98. The van der Waals surface area contributed by atoms with Crippen LogP contribution < -0.4 is 5.32 Å². The average molecular weight is 293 g/mol. The fourth-order valence-corrected chi connectivity index (χ4v) is 1.89. The van der Waals surface area contributed by atoms with Gasteiger partial charge in [0.15, 0.2) is 0 Å². The number of carbonyl (C=O) groups is 1. The average Bonchev–Trinajstić information content (AvgIpc) is 2.54. The summed E-state index contributed by atoms with van der Waals surface area (Å²) in [5.74, 6) is -0.0972. The van der Waals surface area contributed by atoms with Crippen molar-refractivity contribution in [3.05, 3.63) is 66.2 Å². The molecule has 4 heteroatoms. The lowest BCUT2D eigenvalue weighted by atomic mass is 10.1. The first-order chi connectivity index (χ1) is 10.6. The molecule has 0 spiro atoms. The Kier molecular flexibility index (Phi) is 5.60. The van der Waals surface area contributed by atoms with Crippen LogP contribution in [0, 0.1) is 0 Å². The van der Waals surface area contributed by atoms with Gasteiger partial charge in [0, 0.05) is 11.4 Å². The van der Waals surface area contributed by atoms with E-state index in [1.54, 1.807) is 6.92 Å². The minimum absolute atomic E-state index is 0.0972. The number of nitrogens with one attached hydrogen (secondary N) is 1. The van der Waals surface area contributed by atoms with Crippen LogP contribution in [0.1, 0.15) is 25.8 Å². The molecule has 0 heterocycles. The zero-order chi connectivity index (χ0) is 15.8. The highest BCUT2D eigenvalue weighted by Gasteiger charge is 2.04. The second kappa shape index (κ2) is 7.88. The molecule has 1 amide bonds. The fourth-order valence-electron chi connectivity index (χ4n) is 1.89. The van der Waals surface area contributed by atoms with E-state index in [2.05, 4.69) is 15.5 Å². The molecule has 0 saturated heterocycles. The Morgan fingerprint density at radius 1 is 0.909 bits per heavy atom. The maximum atomic E-state index is 11.9. The van der Waals surface area contributed by atoms with Crippen LogP contribution in [0.3, 0.4) is 0 Å². The number of rotatable bonds is 5. The van der Waals surface area contributed by atoms with E-state index in [1.807, 2.05) is 67.6 Å². The molecule has 0 bridgehead atoms. The number of anilines is 1. The number of hydrogen-bond donors (Lipinski definition) is 1. The number of benzene rings is 2. The third-order valence-corrected chi connectivity index (χ3v) is 3.04. The molecule has 0 fully saturated rings. The third-order valence-electron chi connectivity index (χ3n) is 3.04. The van der Waals surface area contributed by atoms with E-state index in [9.17, 15) is 4.79 Å². The van der Waals surface area contributed by atoms with Gasteiger partial charge in [0.1, 0.15) is 0 Å². The molecule has 0 unspecified atom stereocenters. The van der Waals surface area contributed by atoms with Gasteiger partial charge in [-0.2, -0.15) is 10.2 Å². The molecule has 0 saturated carbocycles. The molecule has 0 aromatic heterocycles. The molecule has 0 aliphatic carbocycles. The van der Waals surface area contributed by atoms with Crippen molar-refractivity contribution in [1.82, 2.24) is 0 Å². The molecule has 2 aromatic carbocycles. The van der Waals surface area contributed by atoms with E-state index in [4.69, 9.17) is 0 Å². The summed E-state index contributed by atoms with van der Waals surface area (Å²) in [6.45, 7) is 3.70. The quantitative estimate of drug-likeness (QED) is 0.659. The Morgan fingerprint density at radius 2 is 1.50 bits per heavy atom. The number of para-hydroxylation sites is 1. The van der Waals surface area contributed by atoms with Crippen LogP contribution in [-0.4, -0.2) is 17.3 Å². The van der Waals surface area contributed by atoms with E-state index >= 15 is 0 Å². The summed E-state index contributed by atoms with van der Waals surface area (Å²) in [4.78, 5) is 11.9. The van der Waals surface area contributed by atoms with E-state index in [-0.39, 0.29) is 12.3 Å². The molecule has 22 heavy (non-hydrogen) atoms. The smallest absolute Gasteiger partial charge is 0.230 e. The van der Waals surface area contributed by atoms with Gasteiger partial charge < -0.3 is 5.32 Å². The van der Waals surface area contributed by atoms with Crippen molar-refractivity contribution in [2.75, 3.05) is 5.32 Å². The van der Waals surface area contributed by atoms with Gasteiger partial charge in [0.2, 0.25) is 5.91 Å². The highest BCUT2D eigenvalue weighted by atomic mass is 16.1. The summed E-state index contributed by atoms with van der Waals surface area (Å²) in [6.07, 6.45) is 0.223. The first-order valence-electron chi connectivity index (χ1n) is 7.13. The van der Waals surface area contributed by atoms with Gasteiger partial charge in [-0.05, 0) is 31.5 Å². The Morgan fingerprint density at radius 3 is 2.14 bits per heavy atom. The molecular formula is C18H19N3O. The zero-order valence-corrected chi connectivity index (χ0v) is 12.8. The van der Waals surface area contributed by atoms with Gasteiger partial charge in [-0.3, -0.25) is 4.79 Å². The summed E-state index contributed by atoms with van der Waals surface area (Å²) in [5, 5.41) is 11.1. The standard InChI is InChI=1S/C18H19N3O/c1-14(13-18(22)19-17-11-7-4-8-12-17)20-21-15(2)16-9-5-3-6-10-16/h3-12H,13H2,1-2H3,(H,19,22)/b20-14-,21-15-. The van der Waals surface area contributed by atoms with E-state index in [1.165, 1.54) is 0 Å². The van der Waals surface area contributed by atoms with Crippen molar-refractivity contribution in [3.8, 4) is 0 Å². The summed E-state index contributed by atoms with van der Waals surface area (Å²) in [5.41, 5.74) is 3.30. The molecule has 0 aliphatic rings. The lowest BCUT2D eigenvalue weighted by Crippen LogP contribution is -2.14. The topological polar surface area (TPSA) is 53.8 Å². The van der Waals surface area contributed by atoms with Gasteiger partial charge in [-0.15, -0.1) is 0 Å². The Labute approximate surface area is 130 Å². The van der Waals surface area contributed by atoms with Crippen molar-refractivity contribution in [2.45, 2.75) is 20.3 Å². The van der Waals surface area contributed by atoms with Crippen molar-refractivity contribution >= 4 is 23.0 Å². The van der Waals surface area contributed by atoms with Gasteiger partial charge in [0.25, 0.3) is 0 Å². The van der Waals surface area contributed by atoms with Gasteiger partial charge >= 0.3 is 0 Å². The van der Waals surface area contributed by atoms with Crippen LogP contribution in [0.15, 0.2) is 70.9 Å². The largest absolute Gasteiger partial charge is 0.326 e. The molecule has 1 N–H and O–H groups in total. The monoisotopic (exact) mass is 293 g/mol. The predicted octanol–water partition coefficient (Wildman–Crippen LogP) is 3.90. The minimum Gasteiger partial charge on any atom is -0.326 e. The van der Waals surface area contributed by atoms with Crippen molar-refractivity contribution < 1.29 is 4.79 Å². The maximum absolute atomic E-state index is 11.9. The third kappa shape index (κ3) is 4.98.